The summed E-state index contributed by atoms with van der Waals surface area (Å²) in [5.74, 6) is -1.20. The molecule has 1 aromatic rings. The zero-order chi connectivity index (χ0) is 17.3. The maximum Gasteiger partial charge on any atom is 0.326 e. The molecule has 3 rings (SSSR count). The van der Waals surface area contributed by atoms with Gasteiger partial charge < -0.3 is 15.3 Å². The lowest BCUT2D eigenvalue weighted by Crippen LogP contribution is -2.48. The molecule has 0 bridgehead atoms. The van der Waals surface area contributed by atoms with Gasteiger partial charge in [0, 0.05) is 19.3 Å². The van der Waals surface area contributed by atoms with Crippen LogP contribution in [0.15, 0.2) is 18.3 Å². The van der Waals surface area contributed by atoms with Gasteiger partial charge in [-0.15, -0.1) is 0 Å². The number of carbonyl (C=O) groups excluding carboxylic acids is 2. The molecular formula is C17H21N3O4. The average molecular weight is 331 g/mol. The van der Waals surface area contributed by atoms with Crippen LogP contribution in [0.4, 0.5) is 0 Å². The Balaban J connectivity index is 1.84. The number of carboxylic acids is 1. The van der Waals surface area contributed by atoms with Crippen molar-refractivity contribution in [2.24, 2.45) is 5.92 Å². The molecule has 7 heteroatoms. The van der Waals surface area contributed by atoms with Gasteiger partial charge in [0.15, 0.2) is 0 Å². The van der Waals surface area contributed by atoms with Crippen LogP contribution in [0, 0.1) is 5.92 Å². The zero-order valence-electron chi connectivity index (χ0n) is 13.6. The number of carbonyl (C=O) groups is 3. The molecule has 2 fully saturated rings. The molecule has 0 aromatic carbocycles. The molecule has 1 aliphatic carbocycles. The summed E-state index contributed by atoms with van der Waals surface area (Å²) >= 11 is 0. The van der Waals surface area contributed by atoms with Crippen LogP contribution in [-0.4, -0.2) is 51.9 Å². The number of rotatable bonds is 4. The summed E-state index contributed by atoms with van der Waals surface area (Å²) in [6.07, 6.45) is 5.82. The van der Waals surface area contributed by atoms with Crippen molar-refractivity contribution in [3.63, 3.8) is 0 Å². The molecule has 2 unspecified atom stereocenters. The molecule has 1 saturated heterocycles. The van der Waals surface area contributed by atoms with Gasteiger partial charge in [0.1, 0.15) is 11.7 Å². The van der Waals surface area contributed by atoms with E-state index < -0.39 is 12.0 Å². The topological polar surface area (TPSA) is 99.6 Å². The first-order chi connectivity index (χ1) is 11.5. The van der Waals surface area contributed by atoms with E-state index in [0.717, 1.165) is 25.7 Å². The monoisotopic (exact) mass is 331 g/mol. The van der Waals surface area contributed by atoms with E-state index in [2.05, 4.69) is 10.3 Å². The highest BCUT2D eigenvalue weighted by Gasteiger charge is 2.45. The average Bonchev–Trinajstić information content (AvgIpc) is 2.96. The van der Waals surface area contributed by atoms with Gasteiger partial charge >= 0.3 is 5.97 Å². The third kappa shape index (κ3) is 2.86. The lowest BCUT2D eigenvalue weighted by Gasteiger charge is -2.38. The third-order valence-electron chi connectivity index (χ3n) is 5.11. The smallest absolute Gasteiger partial charge is 0.326 e. The Bertz CT molecular complexity index is 654. The Morgan fingerprint density at radius 2 is 1.96 bits per heavy atom. The van der Waals surface area contributed by atoms with E-state index in [1.807, 2.05) is 0 Å². The summed E-state index contributed by atoms with van der Waals surface area (Å²) in [6, 6.07) is 2.23. The highest BCUT2D eigenvalue weighted by molar-refractivity contribution is 5.98. The summed E-state index contributed by atoms with van der Waals surface area (Å²) in [4.78, 5) is 41.5. The van der Waals surface area contributed by atoms with Gasteiger partial charge in [0.05, 0.1) is 5.56 Å². The Hall–Kier alpha value is -2.44. The van der Waals surface area contributed by atoms with Crippen molar-refractivity contribution in [3.8, 4) is 0 Å². The molecule has 2 atom stereocenters. The molecular weight excluding hydrogens is 310 g/mol. The summed E-state index contributed by atoms with van der Waals surface area (Å²) in [6.45, 7) is 0. The van der Waals surface area contributed by atoms with Gasteiger partial charge in [-0.3, -0.25) is 14.6 Å². The van der Waals surface area contributed by atoms with Gasteiger partial charge in [0.25, 0.3) is 11.8 Å². The number of nitrogens with zero attached hydrogens (tertiary/aromatic N) is 2. The van der Waals surface area contributed by atoms with Gasteiger partial charge in [-0.05, 0) is 43.7 Å². The van der Waals surface area contributed by atoms with E-state index in [1.165, 1.54) is 30.3 Å². The minimum atomic E-state index is -0.958. The number of hydrogen-bond acceptors (Lipinski definition) is 4. The van der Waals surface area contributed by atoms with E-state index in [4.69, 9.17) is 0 Å². The van der Waals surface area contributed by atoms with Crippen LogP contribution in [0.3, 0.4) is 0 Å². The standard InChI is InChI=1S/C17H21N3O4/c1-18-15(21)12-6-5-11(9-19-12)16(22)20-13(10-3-2-4-10)7-8-14(20)17(23)24/h5-6,9-10,13-14H,2-4,7-8H2,1H3,(H,18,21)(H,23,24). The van der Waals surface area contributed by atoms with E-state index >= 15 is 0 Å². The zero-order valence-corrected chi connectivity index (χ0v) is 13.6. The van der Waals surface area contributed by atoms with Crippen LogP contribution in [0.2, 0.25) is 0 Å². The highest BCUT2D eigenvalue weighted by Crippen LogP contribution is 2.40. The summed E-state index contributed by atoms with van der Waals surface area (Å²) in [5, 5.41) is 11.9. The lowest BCUT2D eigenvalue weighted by atomic mass is 9.78. The molecule has 1 aromatic heterocycles. The summed E-state index contributed by atoms with van der Waals surface area (Å²) in [5.41, 5.74) is 0.543. The minimum Gasteiger partial charge on any atom is -0.480 e. The predicted molar refractivity (Wildman–Crippen MR) is 85.6 cm³/mol. The third-order valence-corrected chi connectivity index (χ3v) is 5.11. The SMILES string of the molecule is CNC(=O)c1ccc(C(=O)N2C(C(=O)O)CCC2C2CCC2)cn1. The highest BCUT2D eigenvalue weighted by atomic mass is 16.4. The number of likely N-dealkylation sites (tertiary alicyclic amines) is 1. The molecule has 1 aliphatic heterocycles. The number of amides is 2. The van der Waals surface area contributed by atoms with Crippen molar-refractivity contribution in [1.29, 1.82) is 0 Å². The fourth-order valence-electron chi connectivity index (χ4n) is 3.59. The first-order valence-electron chi connectivity index (χ1n) is 8.26. The predicted octanol–water partition coefficient (Wildman–Crippen LogP) is 1.30. The number of aromatic nitrogens is 1. The maximum atomic E-state index is 12.9. The Morgan fingerprint density at radius 3 is 2.46 bits per heavy atom. The van der Waals surface area contributed by atoms with E-state index in [9.17, 15) is 19.5 Å². The van der Waals surface area contributed by atoms with Crippen LogP contribution >= 0.6 is 0 Å². The molecule has 2 amide bonds. The second kappa shape index (κ2) is 6.59. The molecule has 0 radical (unpaired) electrons. The van der Waals surface area contributed by atoms with E-state index in [-0.39, 0.29) is 23.6 Å². The van der Waals surface area contributed by atoms with Crippen molar-refractivity contribution in [1.82, 2.24) is 15.2 Å². The van der Waals surface area contributed by atoms with Crippen LogP contribution in [0.5, 0.6) is 0 Å². The van der Waals surface area contributed by atoms with Crippen LogP contribution in [0.1, 0.15) is 53.0 Å². The second-order valence-corrected chi connectivity index (χ2v) is 6.41. The number of carboxylic acid groups (broad SMARTS) is 1. The number of nitrogens with one attached hydrogen (secondary N) is 1. The minimum absolute atomic E-state index is 0.00836. The van der Waals surface area contributed by atoms with Gasteiger partial charge in [0.2, 0.25) is 0 Å². The molecule has 2 aliphatic rings. The largest absolute Gasteiger partial charge is 0.480 e. The fraction of sp³-hybridized carbons (Fsp3) is 0.529. The summed E-state index contributed by atoms with van der Waals surface area (Å²) < 4.78 is 0. The van der Waals surface area contributed by atoms with Crippen molar-refractivity contribution in [2.45, 2.75) is 44.2 Å². The number of aliphatic carboxylic acids is 1. The Morgan fingerprint density at radius 1 is 1.21 bits per heavy atom. The first kappa shape index (κ1) is 16.4. The van der Waals surface area contributed by atoms with Crippen molar-refractivity contribution < 1.29 is 19.5 Å². The van der Waals surface area contributed by atoms with Crippen LogP contribution < -0.4 is 5.32 Å². The molecule has 0 spiro atoms. The molecule has 1 saturated carbocycles. The van der Waals surface area contributed by atoms with E-state index in [0.29, 0.717) is 17.9 Å². The fourth-order valence-corrected chi connectivity index (χ4v) is 3.59. The maximum absolute atomic E-state index is 12.9. The first-order valence-corrected chi connectivity index (χ1v) is 8.26. The van der Waals surface area contributed by atoms with Crippen molar-refractivity contribution in [2.75, 3.05) is 7.05 Å². The van der Waals surface area contributed by atoms with Crippen molar-refractivity contribution in [3.05, 3.63) is 29.6 Å². The van der Waals surface area contributed by atoms with E-state index in [1.54, 1.807) is 0 Å². The Kier molecular flexibility index (Phi) is 4.51. The van der Waals surface area contributed by atoms with Gasteiger partial charge in [-0.1, -0.05) is 6.42 Å². The second-order valence-electron chi connectivity index (χ2n) is 6.41. The number of pyridine rings is 1. The molecule has 128 valence electrons. The van der Waals surface area contributed by atoms with Crippen LogP contribution in [-0.2, 0) is 4.79 Å². The molecule has 2 heterocycles. The molecule has 7 nitrogen and oxygen atoms in total. The molecule has 24 heavy (non-hydrogen) atoms. The number of hydrogen-bond donors (Lipinski definition) is 2. The van der Waals surface area contributed by atoms with Crippen molar-refractivity contribution >= 4 is 17.8 Å². The Labute approximate surface area is 140 Å². The van der Waals surface area contributed by atoms with Gasteiger partial charge in [-0.2, -0.15) is 0 Å². The lowest BCUT2D eigenvalue weighted by molar-refractivity contribution is -0.142. The summed E-state index contributed by atoms with van der Waals surface area (Å²) in [7, 11) is 1.51. The van der Waals surface area contributed by atoms with Gasteiger partial charge in [-0.25, -0.2) is 4.79 Å². The quantitative estimate of drug-likeness (QED) is 0.866. The molecule has 2 N–H and O–H groups in total. The van der Waals surface area contributed by atoms with Crippen LogP contribution in [0.25, 0.3) is 0 Å². The normalized spacial score (nSPS) is 23.6.